The van der Waals surface area contributed by atoms with Crippen LogP contribution in [0.15, 0.2) is 18.2 Å². The first-order chi connectivity index (χ1) is 8.52. The first-order valence-electron chi connectivity index (χ1n) is 4.99. The summed E-state index contributed by atoms with van der Waals surface area (Å²) >= 11 is 0. The highest BCUT2D eigenvalue weighted by molar-refractivity contribution is 5.51. The highest BCUT2D eigenvalue weighted by Crippen LogP contribution is 2.31. The maximum atomic E-state index is 12.1. The molecule has 0 aliphatic carbocycles. The van der Waals surface area contributed by atoms with Crippen molar-refractivity contribution in [1.29, 1.82) is 0 Å². The number of aryl methyl sites for hydroxylation is 1. The summed E-state index contributed by atoms with van der Waals surface area (Å²) in [5.74, 6) is -0.950. The Labute approximate surface area is 100 Å². The highest BCUT2D eigenvalue weighted by Gasteiger charge is 2.15. The van der Waals surface area contributed by atoms with Crippen molar-refractivity contribution < 1.29 is 31.8 Å². The molecule has 0 saturated heterocycles. The van der Waals surface area contributed by atoms with Gasteiger partial charge < -0.3 is 14.3 Å². The zero-order chi connectivity index (χ0) is 13.5. The summed E-state index contributed by atoms with van der Waals surface area (Å²) in [5.41, 5.74) is 0.513. The number of carbonyl (C=O) groups is 1. The van der Waals surface area contributed by atoms with Crippen LogP contribution in [-0.2, 0) is 11.2 Å². The van der Waals surface area contributed by atoms with Crippen LogP contribution < -0.4 is 9.47 Å². The third-order valence-corrected chi connectivity index (χ3v) is 1.99. The van der Waals surface area contributed by atoms with Crippen molar-refractivity contribution in [2.75, 3.05) is 0 Å². The zero-order valence-corrected chi connectivity index (χ0v) is 9.11. The van der Waals surface area contributed by atoms with Crippen molar-refractivity contribution in [1.82, 2.24) is 0 Å². The van der Waals surface area contributed by atoms with Crippen LogP contribution in [0.3, 0.4) is 0 Å². The summed E-state index contributed by atoms with van der Waals surface area (Å²) in [6, 6.07) is 3.65. The third-order valence-electron chi connectivity index (χ3n) is 1.99. The van der Waals surface area contributed by atoms with E-state index in [-0.39, 0.29) is 6.42 Å². The van der Waals surface area contributed by atoms with Gasteiger partial charge in [0, 0.05) is 6.42 Å². The number of carbonyl (C=O) groups excluding carboxylic acids is 1. The van der Waals surface area contributed by atoms with E-state index in [9.17, 15) is 22.4 Å². The van der Waals surface area contributed by atoms with Crippen LogP contribution in [-0.4, -0.2) is 19.5 Å². The van der Waals surface area contributed by atoms with Gasteiger partial charge in [0.25, 0.3) is 0 Å². The minimum atomic E-state index is -3.15. The molecule has 0 aliphatic heterocycles. The summed E-state index contributed by atoms with van der Waals surface area (Å²) in [6.07, 6.45) is 1.17. The van der Waals surface area contributed by atoms with E-state index in [1.165, 1.54) is 6.07 Å². The number of alkyl halides is 4. The normalized spacial score (nSPS) is 10.8. The predicted molar refractivity (Wildman–Crippen MR) is 54.1 cm³/mol. The SMILES string of the molecule is O=CCCc1ccc(OC(F)F)c(OC(F)F)c1. The van der Waals surface area contributed by atoms with Crippen molar-refractivity contribution >= 4 is 6.29 Å². The molecular weight excluding hydrogens is 256 g/mol. The van der Waals surface area contributed by atoms with Gasteiger partial charge in [-0.25, -0.2) is 0 Å². The average molecular weight is 266 g/mol. The fourth-order valence-electron chi connectivity index (χ4n) is 1.31. The van der Waals surface area contributed by atoms with Crippen molar-refractivity contribution in [3.05, 3.63) is 23.8 Å². The van der Waals surface area contributed by atoms with Crippen LogP contribution in [0.1, 0.15) is 12.0 Å². The molecule has 0 N–H and O–H groups in total. The predicted octanol–water partition coefficient (Wildman–Crippen LogP) is 3.02. The summed E-state index contributed by atoms with van der Waals surface area (Å²) in [4.78, 5) is 10.2. The van der Waals surface area contributed by atoms with E-state index in [4.69, 9.17) is 0 Å². The van der Waals surface area contributed by atoms with Crippen LogP contribution in [0.4, 0.5) is 17.6 Å². The van der Waals surface area contributed by atoms with Crippen LogP contribution >= 0.6 is 0 Å². The van der Waals surface area contributed by atoms with E-state index in [1.807, 2.05) is 0 Å². The second-order valence-electron chi connectivity index (χ2n) is 3.24. The Hall–Kier alpha value is -1.79. The average Bonchev–Trinajstić information content (AvgIpc) is 2.28. The first kappa shape index (κ1) is 14.3. The molecule has 1 aromatic carbocycles. The van der Waals surface area contributed by atoms with Crippen molar-refractivity contribution in [3.63, 3.8) is 0 Å². The van der Waals surface area contributed by atoms with E-state index in [0.29, 0.717) is 18.3 Å². The molecule has 0 spiro atoms. The number of hydrogen-bond donors (Lipinski definition) is 0. The summed E-state index contributed by atoms with van der Waals surface area (Å²) < 4.78 is 56.4. The molecule has 0 saturated carbocycles. The Morgan fingerprint density at radius 3 is 2.22 bits per heavy atom. The molecule has 0 aromatic heterocycles. The van der Waals surface area contributed by atoms with Gasteiger partial charge in [0.05, 0.1) is 0 Å². The lowest BCUT2D eigenvalue weighted by Crippen LogP contribution is -2.08. The maximum Gasteiger partial charge on any atom is 0.387 e. The lowest BCUT2D eigenvalue weighted by Gasteiger charge is -2.12. The quantitative estimate of drug-likeness (QED) is 0.562. The Balaban J connectivity index is 2.92. The fraction of sp³-hybridized carbons (Fsp3) is 0.364. The molecule has 0 bridgehead atoms. The summed E-state index contributed by atoms with van der Waals surface area (Å²) in [6.45, 7) is -6.28. The smallest absolute Gasteiger partial charge is 0.387 e. The van der Waals surface area contributed by atoms with Crippen molar-refractivity contribution in [2.24, 2.45) is 0 Å². The van der Waals surface area contributed by atoms with E-state index in [0.717, 1.165) is 12.1 Å². The van der Waals surface area contributed by atoms with Crippen LogP contribution in [0.2, 0.25) is 0 Å². The first-order valence-corrected chi connectivity index (χ1v) is 4.99. The van der Waals surface area contributed by atoms with Crippen LogP contribution in [0, 0.1) is 0 Å². The lowest BCUT2D eigenvalue weighted by molar-refractivity contribution is -0.107. The van der Waals surface area contributed by atoms with Crippen LogP contribution in [0.5, 0.6) is 11.5 Å². The molecule has 1 aromatic rings. The van der Waals surface area contributed by atoms with Gasteiger partial charge in [-0.05, 0) is 24.1 Å². The second kappa shape index (κ2) is 6.83. The maximum absolute atomic E-state index is 12.1. The van der Waals surface area contributed by atoms with Crippen LogP contribution in [0.25, 0.3) is 0 Å². The fourth-order valence-corrected chi connectivity index (χ4v) is 1.31. The molecule has 1 rings (SSSR count). The molecular formula is C11H10F4O3. The minimum absolute atomic E-state index is 0.198. The highest BCUT2D eigenvalue weighted by atomic mass is 19.3. The van der Waals surface area contributed by atoms with Gasteiger partial charge in [-0.2, -0.15) is 17.6 Å². The molecule has 0 aliphatic rings. The minimum Gasteiger partial charge on any atom is -0.431 e. The summed E-state index contributed by atoms with van der Waals surface area (Å²) in [7, 11) is 0. The Morgan fingerprint density at radius 2 is 1.67 bits per heavy atom. The molecule has 18 heavy (non-hydrogen) atoms. The van der Waals surface area contributed by atoms with Gasteiger partial charge in [0.15, 0.2) is 11.5 Å². The van der Waals surface area contributed by atoms with E-state index < -0.39 is 24.7 Å². The number of benzene rings is 1. The molecule has 7 heteroatoms. The molecule has 0 atom stereocenters. The van der Waals surface area contributed by atoms with Gasteiger partial charge in [-0.3, -0.25) is 0 Å². The van der Waals surface area contributed by atoms with Gasteiger partial charge in [0.2, 0.25) is 0 Å². The molecule has 100 valence electrons. The summed E-state index contributed by atoms with van der Waals surface area (Å²) in [5, 5.41) is 0. The monoisotopic (exact) mass is 266 g/mol. The van der Waals surface area contributed by atoms with Gasteiger partial charge in [-0.15, -0.1) is 0 Å². The van der Waals surface area contributed by atoms with Crippen molar-refractivity contribution in [3.8, 4) is 11.5 Å². The number of aldehydes is 1. The number of rotatable bonds is 7. The largest absolute Gasteiger partial charge is 0.431 e. The van der Waals surface area contributed by atoms with Gasteiger partial charge in [0.1, 0.15) is 6.29 Å². The van der Waals surface area contributed by atoms with E-state index >= 15 is 0 Å². The molecule has 0 unspecified atom stereocenters. The van der Waals surface area contributed by atoms with E-state index in [2.05, 4.69) is 9.47 Å². The van der Waals surface area contributed by atoms with E-state index in [1.54, 1.807) is 0 Å². The van der Waals surface area contributed by atoms with Gasteiger partial charge in [-0.1, -0.05) is 6.07 Å². The van der Waals surface area contributed by atoms with Crippen molar-refractivity contribution in [2.45, 2.75) is 26.1 Å². The third kappa shape index (κ3) is 4.60. The molecule has 3 nitrogen and oxygen atoms in total. The zero-order valence-electron chi connectivity index (χ0n) is 9.11. The number of hydrogen-bond acceptors (Lipinski definition) is 3. The Bertz CT molecular complexity index is 396. The lowest BCUT2D eigenvalue weighted by atomic mass is 10.1. The Morgan fingerprint density at radius 1 is 1.06 bits per heavy atom. The van der Waals surface area contributed by atoms with Gasteiger partial charge >= 0.3 is 13.2 Å². The number of ether oxygens (including phenoxy) is 2. The molecule has 0 fully saturated rings. The molecule has 0 heterocycles. The Kier molecular flexibility index (Phi) is 5.41. The number of halogens is 4. The topological polar surface area (TPSA) is 35.5 Å². The standard InChI is InChI=1S/C11H10F4O3/c12-10(13)17-8-4-3-7(2-1-5-16)6-9(8)18-11(14)15/h3-6,10-11H,1-2H2. The molecule has 0 amide bonds. The molecule has 0 radical (unpaired) electrons. The second-order valence-corrected chi connectivity index (χ2v) is 3.24.